The first-order valence-corrected chi connectivity index (χ1v) is 7.26. The molecule has 0 unspecified atom stereocenters. The standard InChI is InChI=1S/C16H18N2O6/c19-11(7-18(8-15(20)21)9-16(22)23)10-24-14-5-1-4-13-12(14)3-2-6-17-13/h1-6,11,19H,7-10H2,(H,20,21)(H,22,23)/t11-/m1/s1. The van der Waals surface area contributed by atoms with E-state index in [0.717, 1.165) is 15.8 Å². The number of nitrogens with zero attached hydrogens (tertiary/aromatic N) is 2. The highest BCUT2D eigenvalue weighted by Crippen LogP contribution is 2.23. The number of carbonyl (C=O) groups is 2. The maximum Gasteiger partial charge on any atom is 0.317 e. The Kier molecular flexibility index (Phi) is 6.05. The number of ether oxygens (including phenoxy) is 1. The summed E-state index contributed by atoms with van der Waals surface area (Å²) in [4.78, 5) is 26.8. The molecule has 0 amide bonds. The number of fused-ring (bicyclic) bond motifs is 1. The molecule has 1 atom stereocenters. The molecule has 2 aromatic rings. The number of aliphatic hydroxyl groups excluding tert-OH is 1. The van der Waals surface area contributed by atoms with Crippen LogP contribution >= 0.6 is 0 Å². The van der Waals surface area contributed by atoms with Crippen molar-refractivity contribution in [3.63, 3.8) is 0 Å². The van der Waals surface area contributed by atoms with Crippen LogP contribution in [0.15, 0.2) is 36.5 Å². The Hall–Kier alpha value is -2.71. The molecule has 2 rings (SSSR count). The fourth-order valence-corrected chi connectivity index (χ4v) is 2.31. The van der Waals surface area contributed by atoms with E-state index in [1.807, 2.05) is 12.1 Å². The van der Waals surface area contributed by atoms with Crippen molar-refractivity contribution in [2.24, 2.45) is 0 Å². The third-order valence-electron chi connectivity index (χ3n) is 3.22. The van der Waals surface area contributed by atoms with Gasteiger partial charge in [-0.05, 0) is 24.3 Å². The molecule has 3 N–H and O–H groups in total. The summed E-state index contributed by atoms with van der Waals surface area (Å²) >= 11 is 0. The third kappa shape index (κ3) is 5.18. The first kappa shape index (κ1) is 17.6. The van der Waals surface area contributed by atoms with Crippen LogP contribution in [0, 0.1) is 0 Å². The zero-order valence-corrected chi connectivity index (χ0v) is 12.8. The average Bonchev–Trinajstić information content (AvgIpc) is 2.51. The second kappa shape index (κ2) is 8.23. The summed E-state index contributed by atoms with van der Waals surface area (Å²) in [5.74, 6) is -1.78. The SMILES string of the molecule is O=C(O)CN(CC(=O)O)C[C@@H](O)COc1cccc2ncccc12. The molecule has 128 valence electrons. The van der Waals surface area contributed by atoms with Gasteiger partial charge in [-0.25, -0.2) is 0 Å². The van der Waals surface area contributed by atoms with Gasteiger partial charge in [0.2, 0.25) is 0 Å². The number of hydrogen-bond acceptors (Lipinski definition) is 6. The van der Waals surface area contributed by atoms with E-state index in [1.54, 1.807) is 24.4 Å². The lowest BCUT2D eigenvalue weighted by Gasteiger charge is -2.21. The molecule has 24 heavy (non-hydrogen) atoms. The van der Waals surface area contributed by atoms with E-state index >= 15 is 0 Å². The largest absolute Gasteiger partial charge is 0.490 e. The van der Waals surface area contributed by atoms with Crippen molar-refractivity contribution in [1.82, 2.24) is 9.88 Å². The molecule has 0 bridgehead atoms. The molecule has 0 saturated heterocycles. The molecule has 0 fully saturated rings. The maximum atomic E-state index is 10.7. The maximum absolute atomic E-state index is 10.7. The Balaban J connectivity index is 1.96. The number of hydrogen-bond donors (Lipinski definition) is 3. The minimum atomic E-state index is -1.16. The van der Waals surface area contributed by atoms with Gasteiger partial charge in [-0.1, -0.05) is 6.07 Å². The molecule has 1 aromatic heterocycles. The van der Waals surface area contributed by atoms with E-state index in [4.69, 9.17) is 14.9 Å². The lowest BCUT2D eigenvalue weighted by Crippen LogP contribution is -2.41. The molecule has 0 aliphatic carbocycles. The lowest BCUT2D eigenvalue weighted by molar-refractivity contribution is -0.142. The van der Waals surface area contributed by atoms with Crippen LogP contribution < -0.4 is 4.74 Å². The van der Waals surface area contributed by atoms with Crippen molar-refractivity contribution in [3.05, 3.63) is 36.5 Å². The summed E-state index contributed by atoms with van der Waals surface area (Å²) in [6.45, 7) is -1.16. The first-order chi connectivity index (χ1) is 11.5. The van der Waals surface area contributed by atoms with E-state index in [2.05, 4.69) is 4.98 Å². The van der Waals surface area contributed by atoms with E-state index in [-0.39, 0.29) is 13.2 Å². The summed E-state index contributed by atoms with van der Waals surface area (Å²) in [5, 5.41) is 28.4. The van der Waals surface area contributed by atoms with Gasteiger partial charge < -0.3 is 20.1 Å². The van der Waals surface area contributed by atoms with E-state index in [1.165, 1.54) is 0 Å². The first-order valence-electron chi connectivity index (χ1n) is 7.26. The number of rotatable bonds is 9. The summed E-state index contributed by atoms with van der Waals surface area (Å²) in [5.41, 5.74) is 0.753. The molecule has 1 heterocycles. The van der Waals surface area contributed by atoms with Crippen LogP contribution in [0.25, 0.3) is 10.9 Å². The number of pyridine rings is 1. The van der Waals surface area contributed by atoms with Gasteiger partial charge in [0.15, 0.2) is 0 Å². The van der Waals surface area contributed by atoms with Gasteiger partial charge in [0.25, 0.3) is 0 Å². The highest BCUT2D eigenvalue weighted by Gasteiger charge is 2.18. The lowest BCUT2D eigenvalue weighted by atomic mass is 10.2. The summed E-state index contributed by atoms with van der Waals surface area (Å²) in [7, 11) is 0. The van der Waals surface area contributed by atoms with Gasteiger partial charge >= 0.3 is 11.9 Å². The van der Waals surface area contributed by atoms with Crippen LogP contribution in [0.5, 0.6) is 5.75 Å². The number of benzene rings is 1. The Morgan fingerprint density at radius 3 is 2.50 bits per heavy atom. The number of aliphatic hydroxyl groups is 1. The Labute approximate surface area is 137 Å². The van der Waals surface area contributed by atoms with Crippen LogP contribution in [-0.4, -0.2) is 69.5 Å². The van der Waals surface area contributed by atoms with Gasteiger partial charge in [0, 0.05) is 18.1 Å². The van der Waals surface area contributed by atoms with E-state index in [0.29, 0.717) is 5.75 Å². The zero-order chi connectivity index (χ0) is 17.5. The molecular formula is C16H18N2O6. The van der Waals surface area contributed by atoms with Crippen LogP contribution in [0.2, 0.25) is 0 Å². The molecule has 0 aliphatic heterocycles. The fraction of sp³-hybridized carbons (Fsp3) is 0.312. The minimum absolute atomic E-state index is 0.0935. The number of aliphatic carboxylic acids is 2. The zero-order valence-electron chi connectivity index (χ0n) is 12.8. The van der Waals surface area contributed by atoms with E-state index in [9.17, 15) is 14.7 Å². The second-order valence-corrected chi connectivity index (χ2v) is 5.25. The highest BCUT2D eigenvalue weighted by molar-refractivity contribution is 5.84. The van der Waals surface area contributed by atoms with Crippen molar-refractivity contribution in [1.29, 1.82) is 0 Å². The predicted molar refractivity (Wildman–Crippen MR) is 85.0 cm³/mol. The van der Waals surface area contributed by atoms with Crippen molar-refractivity contribution in [2.45, 2.75) is 6.10 Å². The molecule has 0 radical (unpaired) electrons. The van der Waals surface area contributed by atoms with Gasteiger partial charge in [0.05, 0.1) is 18.6 Å². The van der Waals surface area contributed by atoms with Crippen molar-refractivity contribution < 1.29 is 29.6 Å². The number of carboxylic acid groups (broad SMARTS) is 2. The van der Waals surface area contributed by atoms with Crippen LogP contribution in [0.3, 0.4) is 0 Å². The molecule has 8 nitrogen and oxygen atoms in total. The van der Waals surface area contributed by atoms with Gasteiger partial charge in [0.1, 0.15) is 18.5 Å². The molecule has 8 heteroatoms. The van der Waals surface area contributed by atoms with Gasteiger partial charge in [-0.15, -0.1) is 0 Å². The Morgan fingerprint density at radius 1 is 1.12 bits per heavy atom. The van der Waals surface area contributed by atoms with Crippen molar-refractivity contribution in [2.75, 3.05) is 26.2 Å². The normalized spacial score (nSPS) is 12.2. The molecular weight excluding hydrogens is 316 g/mol. The quantitative estimate of drug-likeness (QED) is 0.604. The van der Waals surface area contributed by atoms with Crippen LogP contribution in [-0.2, 0) is 9.59 Å². The minimum Gasteiger partial charge on any atom is -0.490 e. The summed E-state index contributed by atoms with van der Waals surface area (Å²) in [6.07, 6.45) is 0.632. The Morgan fingerprint density at radius 2 is 1.83 bits per heavy atom. The molecule has 0 aliphatic rings. The fourth-order valence-electron chi connectivity index (χ4n) is 2.31. The molecule has 0 spiro atoms. The second-order valence-electron chi connectivity index (χ2n) is 5.25. The van der Waals surface area contributed by atoms with E-state index < -0.39 is 31.1 Å². The Bertz CT molecular complexity index is 699. The van der Waals surface area contributed by atoms with Crippen LogP contribution in [0.1, 0.15) is 0 Å². The van der Waals surface area contributed by atoms with Crippen molar-refractivity contribution in [3.8, 4) is 5.75 Å². The monoisotopic (exact) mass is 334 g/mol. The average molecular weight is 334 g/mol. The van der Waals surface area contributed by atoms with Gasteiger partial charge in [-0.3, -0.25) is 19.5 Å². The van der Waals surface area contributed by atoms with Crippen LogP contribution in [0.4, 0.5) is 0 Å². The molecule has 1 aromatic carbocycles. The number of carboxylic acids is 2. The van der Waals surface area contributed by atoms with Crippen molar-refractivity contribution >= 4 is 22.8 Å². The topological polar surface area (TPSA) is 120 Å². The highest BCUT2D eigenvalue weighted by atomic mass is 16.5. The number of aromatic nitrogens is 1. The summed E-state index contributed by atoms with van der Waals surface area (Å²) < 4.78 is 5.58. The third-order valence-corrected chi connectivity index (χ3v) is 3.22. The smallest absolute Gasteiger partial charge is 0.317 e. The summed E-state index contributed by atoms with van der Waals surface area (Å²) in [6, 6.07) is 8.96. The molecule has 0 saturated carbocycles. The van der Waals surface area contributed by atoms with Gasteiger partial charge in [-0.2, -0.15) is 0 Å². The predicted octanol–water partition coefficient (Wildman–Crippen LogP) is 0.446.